The fourth-order valence-electron chi connectivity index (χ4n) is 3.82. The van der Waals surface area contributed by atoms with Gasteiger partial charge < -0.3 is 9.80 Å². The molecule has 1 aromatic carbocycles. The Balaban J connectivity index is 0.00000288. The summed E-state index contributed by atoms with van der Waals surface area (Å²) >= 11 is 0. The number of carbonyl (C=O) groups is 1. The third kappa shape index (κ3) is 4.45. The summed E-state index contributed by atoms with van der Waals surface area (Å²) in [6.45, 7) is 11.3. The summed E-state index contributed by atoms with van der Waals surface area (Å²) in [7, 11) is 0. The normalized spacial score (nSPS) is 17.3. The minimum atomic E-state index is -0.0465. The molecule has 1 aliphatic heterocycles. The molecule has 1 atom stereocenters. The number of carbonyl (C=O) groups excluding carboxylic acids is 1. The van der Waals surface area contributed by atoms with E-state index >= 15 is 0 Å². The number of quaternary nitrogens is 1. The van der Waals surface area contributed by atoms with Crippen LogP contribution < -0.4 is 5.32 Å². The van der Waals surface area contributed by atoms with Crippen LogP contribution in [0.2, 0.25) is 0 Å². The van der Waals surface area contributed by atoms with Crippen LogP contribution in [0.15, 0.2) is 12.1 Å². The quantitative estimate of drug-likeness (QED) is 0.783. The number of nitrogens with one attached hydrogen (secondary N) is 1. The van der Waals surface area contributed by atoms with Crippen molar-refractivity contribution in [3.63, 3.8) is 0 Å². The number of hydrogen-bond acceptors (Lipinski definition) is 2. The topological polar surface area (TPSA) is 52.9 Å². The molecular weight excluding hydrogens is 375 g/mol. The number of rotatable bonds is 4. The van der Waals surface area contributed by atoms with Gasteiger partial charge in [0, 0.05) is 38.4 Å². The van der Waals surface area contributed by atoms with Crippen molar-refractivity contribution in [3.05, 3.63) is 28.8 Å². The standard InChI is InChI=1S/C19H27N3O.Y/c1-5-22(9-7-6-8-10-22)16(4)19(23)21-18-14(2)11-17(13-20)12-15(18)3;/h11-12,16H,5-10H2,1-4H3;/p+1. The van der Waals surface area contributed by atoms with Gasteiger partial charge >= 0.3 is 0 Å². The van der Waals surface area contributed by atoms with E-state index in [-0.39, 0.29) is 44.7 Å². The number of nitrogens with zero attached hydrogens (tertiary/aromatic N) is 2. The van der Waals surface area contributed by atoms with Crippen molar-refractivity contribution in [2.45, 2.75) is 53.0 Å². The minimum Gasteiger partial charge on any atom is -0.320 e. The maximum absolute atomic E-state index is 12.8. The van der Waals surface area contributed by atoms with Crippen molar-refractivity contribution in [2.24, 2.45) is 0 Å². The van der Waals surface area contributed by atoms with E-state index in [0.717, 1.165) is 40.9 Å². The van der Waals surface area contributed by atoms with E-state index in [0.29, 0.717) is 5.56 Å². The number of aryl methyl sites for hydroxylation is 2. The molecule has 0 saturated carbocycles. The SMILES string of the molecule is CC[N+]1(C(C)C(=O)Nc2c(C)cc(C#N)cc2C)CCCCC1.[Y]. The van der Waals surface area contributed by atoms with Crippen LogP contribution in [0, 0.1) is 25.2 Å². The summed E-state index contributed by atoms with van der Waals surface area (Å²) in [5.41, 5.74) is 3.39. The fourth-order valence-corrected chi connectivity index (χ4v) is 3.82. The van der Waals surface area contributed by atoms with Crippen LogP contribution in [-0.4, -0.2) is 36.1 Å². The van der Waals surface area contributed by atoms with Gasteiger partial charge in [-0.05, 0) is 70.2 Å². The van der Waals surface area contributed by atoms with E-state index in [1.807, 2.05) is 26.0 Å². The summed E-state index contributed by atoms with van der Waals surface area (Å²) in [6.07, 6.45) is 3.70. The summed E-state index contributed by atoms with van der Waals surface area (Å²) < 4.78 is 0.889. The summed E-state index contributed by atoms with van der Waals surface area (Å²) in [4.78, 5) is 12.8. The zero-order valence-corrected chi connectivity index (χ0v) is 18.2. The van der Waals surface area contributed by atoms with Crippen molar-refractivity contribution >= 4 is 11.6 Å². The van der Waals surface area contributed by atoms with Gasteiger partial charge in [-0.15, -0.1) is 0 Å². The van der Waals surface area contributed by atoms with E-state index in [1.165, 1.54) is 19.3 Å². The molecule has 1 unspecified atom stereocenters. The first-order chi connectivity index (χ1) is 10.9. The van der Waals surface area contributed by atoms with Gasteiger partial charge in [-0.3, -0.25) is 4.79 Å². The van der Waals surface area contributed by atoms with Gasteiger partial charge in [0.05, 0.1) is 31.3 Å². The Bertz CT molecular complexity index is 607. The van der Waals surface area contributed by atoms with Gasteiger partial charge in [0.1, 0.15) is 0 Å². The van der Waals surface area contributed by atoms with Crippen LogP contribution in [0.3, 0.4) is 0 Å². The summed E-state index contributed by atoms with van der Waals surface area (Å²) in [5, 5.41) is 12.2. The minimum absolute atomic E-state index is 0. The molecule has 0 spiro atoms. The number of nitriles is 1. The molecule has 127 valence electrons. The Labute approximate surface area is 171 Å². The van der Waals surface area contributed by atoms with Gasteiger partial charge in [0.15, 0.2) is 6.04 Å². The molecule has 24 heavy (non-hydrogen) atoms. The third-order valence-corrected chi connectivity index (χ3v) is 5.45. The first kappa shape index (κ1) is 21.3. The average molecular weight is 403 g/mol. The van der Waals surface area contributed by atoms with Crippen LogP contribution in [-0.2, 0) is 37.5 Å². The Kier molecular flexibility index (Phi) is 8.06. The Hall–Kier alpha value is -0.756. The van der Waals surface area contributed by atoms with E-state index in [9.17, 15) is 4.79 Å². The second kappa shape index (κ2) is 9.08. The van der Waals surface area contributed by atoms with Crippen LogP contribution in [0.25, 0.3) is 0 Å². The zero-order chi connectivity index (χ0) is 17.0. The third-order valence-electron chi connectivity index (χ3n) is 5.45. The molecule has 1 amide bonds. The number of likely N-dealkylation sites (tertiary alicyclic amines) is 1. The number of hydrogen-bond donors (Lipinski definition) is 1. The van der Waals surface area contributed by atoms with Crippen molar-refractivity contribution in [1.29, 1.82) is 5.26 Å². The molecule has 0 bridgehead atoms. The second-order valence-corrected chi connectivity index (χ2v) is 6.80. The molecule has 2 rings (SSSR count). The largest absolute Gasteiger partial charge is 0.320 e. The molecule has 4 nitrogen and oxygen atoms in total. The Morgan fingerprint density at radius 2 is 1.79 bits per heavy atom. The van der Waals surface area contributed by atoms with Crippen LogP contribution in [0.1, 0.15) is 49.8 Å². The number of likely N-dealkylation sites (N-methyl/N-ethyl adjacent to an activating group) is 1. The van der Waals surface area contributed by atoms with E-state index in [1.54, 1.807) is 0 Å². The monoisotopic (exact) mass is 403 g/mol. The molecule has 1 N–H and O–H groups in total. The predicted molar refractivity (Wildman–Crippen MR) is 93.1 cm³/mol. The van der Waals surface area contributed by atoms with Crippen molar-refractivity contribution < 1.29 is 42.0 Å². The second-order valence-electron chi connectivity index (χ2n) is 6.80. The van der Waals surface area contributed by atoms with Crippen molar-refractivity contribution in [2.75, 3.05) is 25.0 Å². The molecule has 1 aromatic rings. The van der Waals surface area contributed by atoms with Crippen LogP contribution in [0.4, 0.5) is 5.69 Å². The summed E-state index contributed by atoms with van der Waals surface area (Å²) in [5.74, 6) is 0.0876. The maximum atomic E-state index is 12.8. The molecule has 0 aliphatic carbocycles. The molecule has 1 fully saturated rings. The number of piperidine rings is 1. The first-order valence-corrected chi connectivity index (χ1v) is 8.61. The summed E-state index contributed by atoms with van der Waals surface area (Å²) in [6, 6.07) is 5.78. The zero-order valence-electron chi connectivity index (χ0n) is 15.4. The van der Waals surface area contributed by atoms with Gasteiger partial charge in [0.2, 0.25) is 0 Å². The van der Waals surface area contributed by atoms with Crippen LogP contribution in [0.5, 0.6) is 0 Å². The molecular formula is C19H28N3OY+. The first-order valence-electron chi connectivity index (χ1n) is 8.61. The van der Waals surface area contributed by atoms with E-state index in [2.05, 4.69) is 25.2 Å². The molecule has 1 radical (unpaired) electrons. The predicted octanol–water partition coefficient (Wildman–Crippen LogP) is 3.52. The molecule has 5 heteroatoms. The van der Waals surface area contributed by atoms with E-state index < -0.39 is 0 Å². The molecule has 1 heterocycles. The molecule has 1 aliphatic rings. The van der Waals surface area contributed by atoms with Crippen molar-refractivity contribution in [1.82, 2.24) is 0 Å². The van der Waals surface area contributed by atoms with Crippen molar-refractivity contribution in [3.8, 4) is 6.07 Å². The maximum Gasteiger partial charge on any atom is 0.282 e. The Morgan fingerprint density at radius 3 is 2.25 bits per heavy atom. The number of amides is 1. The van der Waals surface area contributed by atoms with Gasteiger partial charge in [-0.1, -0.05) is 0 Å². The fraction of sp³-hybridized carbons (Fsp3) is 0.579. The Morgan fingerprint density at radius 1 is 1.25 bits per heavy atom. The van der Waals surface area contributed by atoms with Crippen LogP contribution >= 0.6 is 0 Å². The average Bonchev–Trinajstić information content (AvgIpc) is 2.57. The number of benzene rings is 1. The van der Waals surface area contributed by atoms with Gasteiger partial charge in [-0.25, -0.2) is 0 Å². The number of anilines is 1. The molecule has 1 saturated heterocycles. The smallest absolute Gasteiger partial charge is 0.282 e. The van der Waals surface area contributed by atoms with E-state index in [4.69, 9.17) is 5.26 Å². The van der Waals surface area contributed by atoms with Gasteiger partial charge in [-0.2, -0.15) is 5.26 Å². The van der Waals surface area contributed by atoms with Gasteiger partial charge in [0.25, 0.3) is 5.91 Å². The molecule has 0 aromatic heterocycles.